The van der Waals surface area contributed by atoms with Crippen LogP contribution in [-0.2, 0) is 20.8 Å². The quantitative estimate of drug-likeness (QED) is 0.381. The van der Waals surface area contributed by atoms with Gasteiger partial charge in [-0.1, -0.05) is 36.8 Å². The Balaban J connectivity index is 1.72. The van der Waals surface area contributed by atoms with Crippen LogP contribution < -0.4 is 5.32 Å². The number of likely N-dealkylation sites (tertiary alicyclic amines) is 1. The molecule has 1 saturated heterocycles. The van der Waals surface area contributed by atoms with Crippen molar-refractivity contribution in [2.75, 3.05) is 19.8 Å². The SMILES string of the molecule is C#CCO[C@H](C)[C@H](NC(=O)OCC=C)C(=O)N1CCC[C@H]1Cn1nnnc1Sc1ccccc1. The minimum atomic E-state index is -0.960. The first-order chi connectivity index (χ1) is 16.5. The number of carbonyl (C=O) groups excluding carboxylic acids is 2. The Labute approximate surface area is 203 Å². The van der Waals surface area contributed by atoms with Gasteiger partial charge < -0.3 is 19.7 Å². The molecule has 2 heterocycles. The summed E-state index contributed by atoms with van der Waals surface area (Å²) in [4.78, 5) is 28.5. The number of hydrogen-bond acceptors (Lipinski definition) is 8. The third-order valence-corrected chi connectivity index (χ3v) is 6.25. The third kappa shape index (κ3) is 6.82. The topological polar surface area (TPSA) is 111 Å². The Morgan fingerprint density at radius 1 is 1.41 bits per heavy atom. The molecule has 0 saturated carbocycles. The molecule has 11 heteroatoms. The normalized spacial score (nSPS) is 16.9. The summed E-state index contributed by atoms with van der Waals surface area (Å²) in [6, 6.07) is 8.70. The van der Waals surface area contributed by atoms with Crippen molar-refractivity contribution in [1.29, 1.82) is 0 Å². The Bertz CT molecular complexity index is 1010. The van der Waals surface area contributed by atoms with Crippen LogP contribution in [0.25, 0.3) is 0 Å². The van der Waals surface area contributed by atoms with Crippen LogP contribution in [-0.4, -0.2) is 75.1 Å². The maximum absolute atomic E-state index is 13.5. The summed E-state index contributed by atoms with van der Waals surface area (Å²) in [5.41, 5.74) is 0. The Kier molecular flexibility index (Phi) is 9.49. The standard InChI is InChI=1S/C23H28N6O4S/c1-4-14-32-17(3)20(24-23(31)33-15-5-2)21(30)28-13-9-10-18(28)16-29-22(25-26-27-29)34-19-11-7-6-8-12-19/h1,5-8,11-12,17-18,20H,2,9-10,13-16H2,3H3,(H,24,31)/t17-,18+,20+/m1/s1. The van der Waals surface area contributed by atoms with Gasteiger partial charge in [-0.25, -0.2) is 9.48 Å². The maximum Gasteiger partial charge on any atom is 0.408 e. The first-order valence-corrected chi connectivity index (χ1v) is 11.7. The average Bonchev–Trinajstić information content (AvgIpc) is 3.49. The van der Waals surface area contributed by atoms with E-state index in [1.165, 1.54) is 17.8 Å². The number of tetrazole rings is 1. The summed E-state index contributed by atoms with van der Waals surface area (Å²) in [7, 11) is 0. The zero-order valence-electron chi connectivity index (χ0n) is 19.0. The third-order valence-electron chi connectivity index (χ3n) is 5.27. The van der Waals surface area contributed by atoms with Crippen LogP contribution in [0.2, 0.25) is 0 Å². The van der Waals surface area contributed by atoms with Crippen molar-refractivity contribution >= 4 is 23.8 Å². The Morgan fingerprint density at radius 2 is 2.21 bits per heavy atom. The molecule has 1 fully saturated rings. The molecule has 0 bridgehead atoms. The molecule has 1 N–H and O–H groups in total. The van der Waals surface area contributed by atoms with Gasteiger partial charge in [-0.15, -0.1) is 11.5 Å². The molecule has 34 heavy (non-hydrogen) atoms. The van der Waals surface area contributed by atoms with E-state index in [4.69, 9.17) is 15.9 Å². The highest BCUT2D eigenvalue weighted by Crippen LogP contribution is 2.27. The van der Waals surface area contributed by atoms with Crippen LogP contribution in [0, 0.1) is 12.3 Å². The van der Waals surface area contributed by atoms with E-state index >= 15 is 0 Å². The van der Waals surface area contributed by atoms with Gasteiger partial charge in [0.15, 0.2) is 0 Å². The number of carbonyl (C=O) groups is 2. The van der Waals surface area contributed by atoms with E-state index in [0.29, 0.717) is 18.2 Å². The van der Waals surface area contributed by atoms with E-state index in [2.05, 4.69) is 33.3 Å². The summed E-state index contributed by atoms with van der Waals surface area (Å²) in [5.74, 6) is 2.11. The molecule has 1 aromatic carbocycles. The number of alkyl carbamates (subject to hydrolysis) is 1. The average molecular weight is 485 g/mol. The van der Waals surface area contributed by atoms with Gasteiger partial charge in [-0.2, -0.15) is 0 Å². The van der Waals surface area contributed by atoms with Crippen LogP contribution in [0.15, 0.2) is 53.0 Å². The number of aromatic nitrogens is 4. The van der Waals surface area contributed by atoms with E-state index in [1.54, 1.807) is 16.5 Å². The minimum Gasteiger partial charge on any atom is -0.445 e. The van der Waals surface area contributed by atoms with Crippen molar-refractivity contribution in [3.05, 3.63) is 43.0 Å². The van der Waals surface area contributed by atoms with E-state index in [9.17, 15) is 9.59 Å². The van der Waals surface area contributed by atoms with Crippen molar-refractivity contribution in [3.63, 3.8) is 0 Å². The molecule has 10 nitrogen and oxygen atoms in total. The summed E-state index contributed by atoms with van der Waals surface area (Å²) >= 11 is 1.45. The van der Waals surface area contributed by atoms with Crippen molar-refractivity contribution in [1.82, 2.24) is 30.4 Å². The Morgan fingerprint density at radius 3 is 2.94 bits per heavy atom. The molecule has 0 aliphatic carbocycles. The predicted octanol–water partition coefficient (Wildman–Crippen LogP) is 2.13. The van der Waals surface area contributed by atoms with Crippen molar-refractivity contribution < 1.29 is 19.1 Å². The lowest BCUT2D eigenvalue weighted by Gasteiger charge is -2.31. The van der Waals surface area contributed by atoms with Gasteiger partial charge in [0.25, 0.3) is 0 Å². The van der Waals surface area contributed by atoms with Gasteiger partial charge in [0.05, 0.1) is 18.7 Å². The lowest BCUT2D eigenvalue weighted by Crippen LogP contribution is -2.56. The first kappa shape index (κ1) is 25.3. The molecule has 0 unspecified atom stereocenters. The second-order valence-corrected chi connectivity index (χ2v) is 8.66. The van der Waals surface area contributed by atoms with Gasteiger partial charge in [0.2, 0.25) is 11.1 Å². The van der Waals surface area contributed by atoms with Crippen LogP contribution >= 0.6 is 11.8 Å². The van der Waals surface area contributed by atoms with Crippen molar-refractivity contribution in [2.45, 2.75) is 54.5 Å². The number of ether oxygens (including phenoxy) is 2. The zero-order chi connectivity index (χ0) is 24.3. The Hall–Kier alpha value is -3.36. The summed E-state index contributed by atoms with van der Waals surface area (Å²) in [6.07, 6.45) is 6.97. The van der Waals surface area contributed by atoms with Crippen LogP contribution in [0.5, 0.6) is 0 Å². The van der Waals surface area contributed by atoms with E-state index in [0.717, 1.165) is 17.7 Å². The molecule has 1 aliphatic heterocycles. The second kappa shape index (κ2) is 12.8. The largest absolute Gasteiger partial charge is 0.445 e. The first-order valence-electron chi connectivity index (χ1n) is 10.9. The number of nitrogens with zero attached hydrogens (tertiary/aromatic N) is 5. The molecule has 3 rings (SSSR count). The molecular formula is C23H28N6O4S. The fourth-order valence-electron chi connectivity index (χ4n) is 3.63. The van der Waals surface area contributed by atoms with E-state index in [-0.39, 0.29) is 25.2 Å². The van der Waals surface area contributed by atoms with Crippen LogP contribution in [0.3, 0.4) is 0 Å². The highest BCUT2D eigenvalue weighted by atomic mass is 32.2. The molecule has 3 atom stereocenters. The summed E-state index contributed by atoms with van der Waals surface area (Å²) in [6.45, 7) is 6.23. The summed E-state index contributed by atoms with van der Waals surface area (Å²) in [5, 5.41) is 15.3. The molecule has 0 radical (unpaired) electrons. The highest BCUT2D eigenvalue weighted by molar-refractivity contribution is 7.99. The van der Waals surface area contributed by atoms with Gasteiger partial charge >= 0.3 is 6.09 Å². The number of rotatable bonds is 11. The number of benzene rings is 1. The number of terminal acetylenes is 1. The van der Waals surface area contributed by atoms with Gasteiger partial charge in [0.1, 0.15) is 19.3 Å². The number of hydrogen-bond donors (Lipinski definition) is 1. The molecule has 2 aromatic rings. The van der Waals surface area contributed by atoms with Crippen molar-refractivity contribution in [3.8, 4) is 12.3 Å². The van der Waals surface area contributed by atoms with Gasteiger partial charge in [0, 0.05) is 11.4 Å². The maximum atomic E-state index is 13.5. The van der Waals surface area contributed by atoms with Crippen LogP contribution in [0.1, 0.15) is 19.8 Å². The van der Waals surface area contributed by atoms with Gasteiger partial charge in [-0.05, 0) is 54.1 Å². The number of nitrogens with one attached hydrogen (secondary N) is 1. The monoisotopic (exact) mass is 484 g/mol. The fourth-order valence-corrected chi connectivity index (χ4v) is 4.43. The lowest BCUT2D eigenvalue weighted by atomic mass is 10.1. The molecular weight excluding hydrogens is 456 g/mol. The van der Waals surface area contributed by atoms with E-state index < -0.39 is 18.2 Å². The van der Waals surface area contributed by atoms with Gasteiger partial charge in [-0.3, -0.25) is 4.79 Å². The highest BCUT2D eigenvalue weighted by Gasteiger charge is 2.37. The summed E-state index contributed by atoms with van der Waals surface area (Å²) < 4.78 is 12.3. The molecule has 180 valence electrons. The lowest BCUT2D eigenvalue weighted by molar-refractivity contribution is -0.138. The molecule has 1 aliphatic rings. The predicted molar refractivity (Wildman–Crippen MR) is 126 cm³/mol. The minimum absolute atomic E-state index is 0.0163. The number of amides is 2. The molecule has 1 aromatic heterocycles. The molecule has 2 amide bonds. The zero-order valence-corrected chi connectivity index (χ0v) is 19.8. The van der Waals surface area contributed by atoms with E-state index in [1.807, 2.05) is 30.3 Å². The van der Waals surface area contributed by atoms with Crippen LogP contribution in [0.4, 0.5) is 4.79 Å². The smallest absolute Gasteiger partial charge is 0.408 e. The molecule has 0 spiro atoms. The fraction of sp³-hybridized carbons (Fsp3) is 0.435. The second-order valence-electron chi connectivity index (χ2n) is 7.62. The van der Waals surface area contributed by atoms with Crippen molar-refractivity contribution in [2.24, 2.45) is 0 Å².